The highest BCUT2D eigenvalue weighted by Gasteiger charge is 2.11. The topological polar surface area (TPSA) is 65.2 Å². The van der Waals surface area contributed by atoms with Crippen LogP contribution in [0.4, 0.5) is 0 Å². The molecule has 3 rings (SSSR count). The third kappa shape index (κ3) is 3.55. The molecule has 5 nitrogen and oxygen atoms in total. The molecule has 0 spiro atoms. The Hall–Kier alpha value is -2.47. The zero-order chi connectivity index (χ0) is 14.5. The predicted molar refractivity (Wildman–Crippen MR) is 77.6 cm³/mol. The largest absolute Gasteiger partial charge is 0.455 e. The lowest BCUT2D eigenvalue weighted by molar-refractivity contribution is -0.144. The predicted octanol–water partition coefficient (Wildman–Crippen LogP) is 3.08. The zero-order valence-corrected chi connectivity index (χ0v) is 11.9. The van der Waals surface area contributed by atoms with Crippen molar-refractivity contribution in [2.24, 2.45) is 0 Å². The first-order valence-corrected chi connectivity index (χ1v) is 7.30. The van der Waals surface area contributed by atoms with Crippen LogP contribution in [-0.4, -0.2) is 16.2 Å². The van der Waals surface area contributed by atoms with Crippen molar-refractivity contribution in [2.45, 2.75) is 13.0 Å². The second kappa shape index (κ2) is 6.32. The summed E-state index contributed by atoms with van der Waals surface area (Å²) >= 11 is 1.55. The second-order valence-electron chi connectivity index (χ2n) is 4.34. The lowest BCUT2D eigenvalue weighted by Gasteiger charge is -2.00. The first-order chi connectivity index (χ1) is 10.3. The number of ether oxygens (including phenoxy) is 1. The van der Waals surface area contributed by atoms with E-state index in [1.165, 1.54) is 0 Å². The number of carbonyl (C=O) groups excluding carboxylic acids is 1. The van der Waals surface area contributed by atoms with Crippen molar-refractivity contribution < 1.29 is 13.9 Å². The van der Waals surface area contributed by atoms with Gasteiger partial charge in [-0.05, 0) is 34.5 Å². The summed E-state index contributed by atoms with van der Waals surface area (Å²) in [4.78, 5) is 11.7. The highest BCUT2D eigenvalue weighted by Crippen LogP contribution is 2.17. The molecular weight excluding hydrogens is 288 g/mol. The van der Waals surface area contributed by atoms with Gasteiger partial charge in [0.2, 0.25) is 5.89 Å². The monoisotopic (exact) mass is 300 g/mol. The van der Waals surface area contributed by atoms with Gasteiger partial charge in [0, 0.05) is 5.56 Å². The molecule has 0 aliphatic rings. The van der Waals surface area contributed by atoms with Crippen LogP contribution >= 0.6 is 11.3 Å². The Bertz CT molecular complexity index is 708. The Balaban J connectivity index is 1.56. The minimum absolute atomic E-state index is 0.0111. The van der Waals surface area contributed by atoms with Gasteiger partial charge in [0.25, 0.3) is 5.89 Å². The van der Waals surface area contributed by atoms with E-state index in [4.69, 9.17) is 9.15 Å². The van der Waals surface area contributed by atoms with Crippen molar-refractivity contribution in [3.63, 3.8) is 0 Å². The second-order valence-corrected chi connectivity index (χ2v) is 5.12. The van der Waals surface area contributed by atoms with Gasteiger partial charge < -0.3 is 9.15 Å². The molecular formula is C15H12N2O3S. The van der Waals surface area contributed by atoms with Gasteiger partial charge in [-0.3, -0.25) is 4.79 Å². The van der Waals surface area contributed by atoms with Gasteiger partial charge in [-0.15, -0.1) is 10.2 Å². The van der Waals surface area contributed by atoms with Crippen LogP contribution in [0.5, 0.6) is 0 Å². The third-order valence-corrected chi connectivity index (χ3v) is 3.50. The Kier molecular flexibility index (Phi) is 4.07. The number of aromatic nitrogens is 2. The van der Waals surface area contributed by atoms with E-state index in [-0.39, 0.29) is 24.9 Å². The average Bonchev–Trinajstić information content (AvgIpc) is 3.17. The van der Waals surface area contributed by atoms with Crippen LogP contribution in [0, 0.1) is 0 Å². The van der Waals surface area contributed by atoms with Crippen molar-refractivity contribution in [2.75, 3.05) is 0 Å². The molecule has 0 aliphatic carbocycles. The molecule has 6 heteroatoms. The maximum atomic E-state index is 11.7. The van der Waals surface area contributed by atoms with Crippen molar-refractivity contribution >= 4 is 17.3 Å². The van der Waals surface area contributed by atoms with E-state index in [0.717, 1.165) is 11.1 Å². The summed E-state index contributed by atoms with van der Waals surface area (Å²) in [7, 11) is 0. The number of carbonyl (C=O) groups is 1. The van der Waals surface area contributed by atoms with E-state index in [1.807, 2.05) is 47.2 Å². The first kappa shape index (κ1) is 13.5. The molecule has 0 unspecified atom stereocenters. The Morgan fingerprint density at radius 1 is 1.19 bits per heavy atom. The van der Waals surface area contributed by atoms with E-state index in [0.29, 0.717) is 5.89 Å². The number of thiophene rings is 1. The van der Waals surface area contributed by atoms with Crippen LogP contribution in [0.2, 0.25) is 0 Å². The number of esters is 1. The maximum Gasteiger partial charge on any atom is 0.310 e. The Morgan fingerprint density at radius 3 is 2.81 bits per heavy atom. The van der Waals surface area contributed by atoms with Gasteiger partial charge in [-0.25, -0.2) is 0 Å². The van der Waals surface area contributed by atoms with Crippen LogP contribution in [0.1, 0.15) is 11.5 Å². The highest BCUT2D eigenvalue weighted by atomic mass is 32.1. The van der Waals surface area contributed by atoms with Gasteiger partial charge in [0.1, 0.15) is 0 Å². The summed E-state index contributed by atoms with van der Waals surface area (Å²) in [5.74, 6) is 0.389. The molecule has 2 heterocycles. The Morgan fingerprint density at radius 2 is 2.05 bits per heavy atom. The molecule has 0 atom stereocenters. The molecule has 0 amide bonds. The standard InChI is InChI=1S/C15H12N2O3S/c18-14(8-11-6-7-21-10-11)19-9-13-16-17-15(20-13)12-4-2-1-3-5-12/h1-7,10H,8-9H2. The number of hydrogen-bond donors (Lipinski definition) is 0. The SMILES string of the molecule is O=C(Cc1ccsc1)OCc1nnc(-c2ccccc2)o1. The van der Waals surface area contributed by atoms with Crippen molar-refractivity contribution in [3.8, 4) is 11.5 Å². The number of nitrogens with zero attached hydrogens (tertiary/aromatic N) is 2. The molecule has 0 saturated heterocycles. The van der Waals surface area contributed by atoms with Crippen molar-refractivity contribution in [3.05, 3.63) is 58.6 Å². The molecule has 0 N–H and O–H groups in total. The van der Waals surface area contributed by atoms with Gasteiger partial charge in [0.05, 0.1) is 6.42 Å². The van der Waals surface area contributed by atoms with Gasteiger partial charge >= 0.3 is 5.97 Å². The number of rotatable bonds is 5. The summed E-state index contributed by atoms with van der Waals surface area (Å²) in [6.07, 6.45) is 0.253. The summed E-state index contributed by atoms with van der Waals surface area (Å²) in [5, 5.41) is 11.6. The van der Waals surface area contributed by atoms with Crippen LogP contribution in [0.25, 0.3) is 11.5 Å². The zero-order valence-electron chi connectivity index (χ0n) is 11.1. The normalized spacial score (nSPS) is 10.5. The van der Waals surface area contributed by atoms with Gasteiger partial charge in [0.15, 0.2) is 6.61 Å². The Labute approximate surface area is 125 Å². The smallest absolute Gasteiger partial charge is 0.310 e. The average molecular weight is 300 g/mol. The third-order valence-electron chi connectivity index (χ3n) is 2.77. The van der Waals surface area contributed by atoms with E-state index in [2.05, 4.69) is 10.2 Å². The van der Waals surface area contributed by atoms with Gasteiger partial charge in [-0.2, -0.15) is 11.3 Å². The van der Waals surface area contributed by atoms with Gasteiger partial charge in [-0.1, -0.05) is 18.2 Å². The molecule has 2 aromatic heterocycles. The number of benzene rings is 1. The molecule has 1 aromatic carbocycles. The molecule has 0 aliphatic heterocycles. The summed E-state index contributed by atoms with van der Waals surface area (Å²) in [6.45, 7) is -0.0111. The molecule has 0 fully saturated rings. The minimum Gasteiger partial charge on any atom is -0.455 e. The summed E-state index contributed by atoms with van der Waals surface area (Å²) < 4.78 is 10.6. The lowest BCUT2D eigenvalue weighted by atomic mass is 10.2. The maximum absolute atomic E-state index is 11.7. The molecule has 21 heavy (non-hydrogen) atoms. The minimum atomic E-state index is -0.312. The highest BCUT2D eigenvalue weighted by molar-refractivity contribution is 7.07. The quantitative estimate of drug-likeness (QED) is 0.677. The van der Waals surface area contributed by atoms with E-state index < -0.39 is 0 Å². The molecule has 0 radical (unpaired) electrons. The molecule has 0 saturated carbocycles. The summed E-state index contributed by atoms with van der Waals surface area (Å²) in [6, 6.07) is 11.3. The number of hydrogen-bond acceptors (Lipinski definition) is 6. The van der Waals surface area contributed by atoms with Crippen LogP contribution < -0.4 is 0 Å². The van der Waals surface area contributed by atoms with Crippen LogP contribution in [0.15, 0.2) is 51.6 Å². The fourth-order valence-electron chi connectivity index (χ4n) is 1.76. The molecule has 0 bridgehead atoms. The van der Waals surface area contributed by atoms with Crippen LogP contribution in [0.3, 0.4) is 0 Å². The van der Waals surface area contributed by atoms with E-state index in [9.17, 15) is 4.79 Å². The van der Waals surface area contributed by atoms with Crippen LogP contribution in [-0.2, 0) is 22.6 Å². The fourth-order valence-corrected chi connectivity index (χ4v) is 2.43. The summed E-state index contributed by atoms with van der Waals surface area (Å²) in [5.41, 5.74) is 1.78. The lowest BCUT2D eigenvalue weighted by Crippen LogP contribution is -2.07. The van der Waals surface area contributed by atoms with Crippen molar-refractivity contribution in [1.82, 2.24) is 10.2 Å². The van der Waals surface area contributed by atoms with E-state index >= 15 is 0 Å². The fraction of sp³-hybridized carbons (Fsp3) is 0.133. The first-order valence-electron chi connectivity index (χ1n) is 6.36. The van der Waals surface area contributed by atoms with Crippen molar-refractivity contribution in [1.29, 1.82) is 0 Å². The molecule has 3 aromatic rings. The van der Waals surface area contributed by atoms with E-state index in [1.54, 1.807) is 11.3 Å². The molecule has 106 valence electrons.